The summed E-state index contributed by atoms with van der Waals surface area (Å²) < 4.78 is 3.91. The molecular weight excluding hydrogens is 440 g/mol. The molecule has 0 spiro atoms. The van der Waals surface area contributed by atoms with Gasteiger partial charge in [-0.3, -0.25) is 4.98 Å². The van der Waals surface area contributed by atoms with Crippen LogP contribution in [-0.2, 0) is 0 Å². The zero-order valence-corrected chi connectivity index (χ0v) is 20.1. The predicted octanol–water partition coefficient (Wildman–Crippen LogP) is 5.92. The third-order valence-electron chi connectivity index (χ3n) is 5.70. The van der Waals surface area contributed by atoms with Crippen molar-refractivity contribution in [2.24, 2.45) is 10.1 Å². The standard InChI is InChI=1S/C27H24N6S/c1-19-6-7-23(15-20(19)2)26-17-34-27(30-24-5-4-12-28-16-24)33(26)31-21(3)22-8-10-25(11-9-22)32-14-13-29-18-32/h4-18H,1-3H3. The molecule has 0 N–H and O–H groups in total. The maximum atomic E-state index is 5.02. The van der Waals surface area contributed by atoms with Crippen LogP contribution in [0.25, 0.3) is 16.9 Å². The lowest BCUT2D eigenvalue weighted by atomic mass is 10.1. The number of thiazole rings is 1. The van der Waals surface area contributed by atoms with E-state index < -0.39 is 0 Å². The van der Waals surface area contributed by atoms with Crippen LogP contribution in [-0.4, -0.2) is 24.9 Å². The molecule has 0 bridgehead atoms. The molecule has 5 rings (SSSR count). The molecule has 0 aliphatic heterocycles. The molecule has 0 saturated heterocycles. The molecular formula is C27H24N6S. The van der Waals surface area contributed by atoms with E-state index in [1.54, 1.807) is 36.3 Å². The molecule has 168 valence electrons. The molecule has 6 nitrogen and oxygen atoms in total. The summed E-state index contributed by atoms with van der Waals surface area (Å²) in [7, 11) is 0. The Balaban J connectivity index is 1.60. The van der Waals surface area contributed by atoms with Gasteiger partial charge in [-0.25, -0.2) is 14.7 Å². The van der Waals surface area contributed by atoms with E-state index in [2.05, 4.69) is 71.7 Å². The van der Waals surface area contributed by atoms with E-state index in [1.807, 2.05) is 34.5 Å². The van der Waals surface area contributed by atoms with Gasteiger partial charge in [0.15, 0.2) is 0 Å². The first-order valence-electron chi connectivity index (χ1n) is 11.0. The van der Waals surface area contributed by atoms with Gasteiger partial charge >= 0.3 is 0 Å². The van der Waals surface area contributed by atoms with Crippen LogP contribution in [0.3, 0.4) is 0 Å². The first-order valence-corrected chi connectivity index (χ1v) is 11.8. The summed E-state index contributed by atoms with van der Waals surface area (Å²) in [5.41, 5.74) is 8.42. The van der Waals surface area contributed by atoms with Gasteiger partial charge in [-0.05, 0) is 67.8 Å². The van der Waals surface area contributed by atoms with Gasteiger partial charge in [0.1, 0.15) is 0 Å². The number of imidazole rings is 1. The highest BCUT2D eigenvalue weighted by molar-refractivity contribution is 7.07. The van der Waals surface area contributed by atoms with E-state index in [-0.39, 0.29) is 0 Å². The largest absolute Gasteiger partial charge is 0.306 e. The lowest BCUT2D eigenvalue weighted by Crippen LogP contribution is -2.14. The second-order valence-electron chi connectivity index (χ2n) is 8.04. The van der Waals surface area contributed by atoms with Crippen LogP contribution in [0.1, 0.15) is 23.6 Å². The minimum absolute atomic E-state index is 0.788. The van der Waals surface area contributed by atoms with Crippen molar-refractivity contribution in [2.45, 2.75) is 20.8 Å². The summed E-state index contributed by atoms with van der Waals surface area (Å²) >= 11 is 1.56. The van der Waals surface area contributed by atoms with Crippen molar-refractivity contribution < 1.29 is 0 Å². The lowest BCUT2D eigenvalue weighted by molar-refractivity contribution is 0.847. The van der Waals surface area contributed by atoms with Crippen LogP contribution in [0.5, 0.6) is 0 Å². The summed E-state index contributed by atoms with van der Waals surface area (Å²) in [5.74, 6) is 0. The van der Waals surface area contributed by atoms with Crippen molar-refractivity contribution in [2.75, 3.05) is 0 Å². The van der Waals surface area contributed by atoms with Crippen molar-refractivity contribution in [1.82, 2.24) is 19.2 Å². The molecule has 0 saturated carbocycles. The van der Waals surface area contributed by atoms with Crippen LogP contribution in [0.2, 0.25) is 0 Å². The molecule has 5 aromatic rings. The Labute approximate surface area is 202 Å². The first kappa shape index (κ1) is 21.7. The summed E-state index contributed by atoms with van der Waals surface area (Å²) in [5, 5.41) is 7.13. The molecule has 2 aromatic carbocycles. The summed E-state index contributed by atoms with van der Waals surface area (Å²) in [6.07, 6.45) is 9.00. The molecule has 3 aromatic heterocycles. The van der Waals surface area contributed by atoms with E-state index in [1.165, 1.54) is 11.1 Å². The molecule has 7 heteroatoms. The number of aromatic nitrogens is 4. The van der Waals surface area contributed by atoms with Gasteiger partial charge in [-0.2, -0.15) is 5.10 Å². The Bertz CT molecular complexity index is 1510. The van der Waals surface area contributed by atoms with E-state index in [4.69, 9.17) is 10.1 Å². The fourth-order valence-corrected chi connectivity index (χ4v) is 4.45. The fraction of sp³-hybridized carbons (Fsp3) is 0.111. The number of hydrogen-bond donors (Lipinski definition) is 0. The zero-order chi connectivity index (χ0) is 23.5. The normalized spacial score (nSPS) is 12.3. The van der Waals surface area contributed by atoms with Gasteiger partial charge in [0, 0.05) is 35.2 Å². The monoisotopic (exact) mass is 464 g/mol. The average molecular weight is 465 g/mol. The number of benzene rings is 2. The minimum Gasteiger partial charge on any atom is -0.306 e. The third-order valence-corrected chi connectivity index (χ3v) is 6.51. The van der Waals surface area contributed by atoms with Crippen LogP contribution in [0, 0.1) is 13.8 Å². The molecule has 0 aliphatic carbocycles. The van der Waals surface area contributed by atoms with Crippen molar-refractivity contribution >= 4 is 22.7 Å². The molecule has 34 heavy (non-hydrogen) atoms. The van der Waals surface area contributed by atoms with Gasteiger partial charge < -0.3 is 4.57 Å². The van der Waals surface area contributed by atoms with Crippen molar-refractivity contribution in [3.8, 4) is 16.9 Å². The van der Waals surface area contributed by atoms with E-state index in [9.17, 15) is 0 Å². The van der Waals surface area contributed by atoms with Crippen LogP contribution < -0.4 is 4.80 Å². The van der Waals surface area contributed by atoms with E-state index in [0.717, 1.165) is 38.7 Å². The second-order valence-corrected chi connectivity index (χ2v) is 8.88. The first-order chi connectivity index (χ1) is 16.6. The number of aryl methyl sites for hydroxylation is 2. The molecule has 0 aliphatic rings. The predicted molar refractivity (Wildman–Crippen MR) is 138 cm³/mol. The van der Waals surface area contributed by atoms with Crippen molar-refractivity contribution in [3.05, 3.63) is 113 Å². The molecule has 0 amide bonds. The summed E-state index contributed by atoms with van der Waals surface area (Å²) in [6.45, 7) is 6.28. The number of rotatable bonds is 5. The van der Waals surface area contributed by atoms with E-state index in [0.29, 0.717) is 0 Å². The zero-order valence-electron chi connectivity index (χ0n) is 19.3. The molecule has 0 radical (unpaired) electrons. The van der Waals surface area contributed by atoms with Crippen LogP contribution >= 0.6 is 11.3 Å². The van der Waals surface area contributed by atoms with Crippen LogP contribution in [0.15, 0.2) is 101 Å². The molecule has 0 fully saturated rings. The molecule has 3 heterocycles. The Hall–Kier alpha value is -4.10. The summed E-state index contributed by atoms with van der Waals surface area (Å²) in [6, 6.07) is 18.6. The highest BCUT2D eigenvalue weighted by Crippen LogP contribution is 2.24. The molecule has 0 atom stereocenters. The Morgan fingerprint density at radius 1 is 0.941 bits per heavy atom. The Kier molecular flexibility index (Phi) is 6.01. The second kappa shape index (κ2) is 9.41. The SMILES string of the molecule is CC(=Nn1c(-c2ccc(C)c(C)c2)csc1=Nc1cccnc1)c1ccc(-n2ccnc2)cc1. The van der Waals surface area contributed by atoms with Gasteiger partial charge in [0.2, 0.25) is 4.80 Å². The van der Waals surface area contributed by atoms with E-state index >= 15 is 0 Å². The lowest BCUT2D eigenvalue weighted by Gasteiger charge is -2.09. The maximum absolute atomic E-state index is 5.02. The van der Waals surface area contributed by atoms with Gasteiger partial charge in [-0.1, -0.05) is 24.3 Å². The molecule has 0 unspecified atom stereocenters. The topological polar surface area (TPSA) is 60.4 Å². The Morgan fingerprint density at radius 3 is 2.50 bits per heavy atom. The number of nitrogens with zero attached hydrogens (tertiary/aromatic N) is 6. The number of hydrogen-bond acceptors (Lipinski definition) is 5. The van der Waals surface area contributed by atoms with Gasteiger partial charge in [-0.15, -0.1) is 11.3 Å². The third kappa shape index (κ3) is 4.51. The minimum atomic E-state index is 0.788. The Morgan fingerprint density at radius 2 is 1.79 bits per heavy atom. The average Bonchev–Trinajstić information content (AvgIpc) is 3.53. The highest BCUT2D eigenvalue weighted by atomic mass is 32.1. The van der Waals surface area contributed by atoms with Gasteiger partial charge in [0.25, 0.3) is 0 Å². The van der Waals surface area contributed by atoms with Crippen LogP contribution in [0.4, 0.5) is 5.69 Å². The quantitative estimate of drug-likeness (QED) is 0.303. The smallest absolute Gasteiger partial charge is 0.211 e. The van der Waals surface area contributed by atoms with Gasteiger partial charge in [0.05, 0.1) is 29.6 Å². The number of pyridine rings is 1. The summed E-state index contributed by atoms with van der Waals surface area (Å²) in [4.78, 5) is 13.9. The maximum Gasteiger partial charge on any atom is 0.211 e. The fourth-order valence-electron chi connectivity index (χ4n) is 3.60. The van der Waals surface area contributed by atoms with Crippen molar-refractivity contribution in [1.29, 1.82) is 0 Å². The highest BCUT2D eigenvalue weighted by Gasteiger charge is 2.10. The van der Waals surface area contributed by atoms with Crippen molar-refractivity contribution in [3.63, 3.8) is 0 Å².